The predicted octanol–water partition coefficient (Wildman–Crippen LogP) is -6.44. The standard InChI is InChI=1S/C8H18O7P2.2Na/c1-6(7-4-2-3-5-7)8(9,16(10,11)12)17(13,14)15;;/h6-7,9H,2-5H2,1H3,(H2,10,11,12)(H2,13,14,15);;/q;2*+1/p-2. The summed E-state index contributed by atoms with van der Waals surface area (Å²) < 4.78 is 22.2. The third-order valence-electron chi connectivity index (χ3n) is 3.55. The van der Waals surface area contributed by atoms with Gasteiger partial charge in [0.1, 0.15) is 0 Å². The van der Waals surface area contributed by atoms with Crippen molar-refractivity contribution in [3.63, 3.8) is 0 Å². The monoisotopic (exact) mass is 332 g/mol. The van der Waals surface area contributed by atoms with Crippen LogP contribution in [0.2, 0.25) is 0 Å². The van der Waals surface area contributed by atoms with Gasteiger partial charge in [-0.2, -0.15) is 0 Å². The molecule has 0 aromatic carbocycles. The van der Waals surface area contributed by atoms with E-state index in [2.05, 4.69) is 0 Å². The van der Waals surface area contributed by atoms with Gasteiger partial charge in [0.25, 0.3) is 0 Å². The van der Waals surface area contributed by atoms with Gasteiger partial charge in [-0.3, -0.25) is 0 Å². The van der Waals surface area contributed by atoms with E-state index in [9.17, 15) is 24.0 Å². The molecule has 3 unspecified atom stereocenters. The van der Waals surface area contributed by atoms with Crippen LogP contribution in [0.1, 0.15) is 32.6 Å². The number of aliphatic hydroxyl groups is 1. The van der Waals surface area contributed by atoms with Crippen LogP contribution in [0.25, 0.3) is 0 Å². The predicted molar refractivity (Wildman–Crippen MR) is 55.7 cm³/mol. The molecule has 0 radical (unpaired) electrons. The molecular weight excluding hydrogens is 316 g/mol. The maximum Gasteiger partial charge on any atom is 1.00 e. The summed E-state index contributed by atoms with van der Waals surface area (Å²) in [5.74, 6) is -1.63. The summed E-state index contributed by atoms with van der Waals surface area (Å²) in [6.45, 7) is 1.21. The van der Waals surface area contributed by atoms with Gasteiger partial charge in [0.05, 0.1) is 0 Å². The summed E-state index contributed by atoms with van der Waals surface area (Å²) in [5, 5.41) is 6.27. The Morgan fingerprint density at radius 1 is 1.11 bits per heavy atom. The van der Waals surface area contributed by atoms with Crippen LogP contribution in [0.3, 0.4) is 0 Å². The molecule has 0 aliphatic heterocycles. The van der Waals surface area contributed by atoms with Gasteiger partial charge >= 0.3 is 59.1 Å². The van der Waals surface area contributed by atoms with E-state index in [1.807, 2.05) is 0 Å². The maximum atomic E-state index is 11.1. The SMILES string of the molecule is CC(C1CCCC1)C(O)(P(=O)([O-])O)P(=O)([O-])O.[Na+].[Na+]. The van der Waals surface area contributed by atoms with Gasteiger partial charge in [-0.1, -0.05) is 32.6 Å². The van der Waals surface area contributed by atoms with Crippen LogP contribution in [-0.2, 0) is 9.13 Å². The Morgan fingerprint density at radius 3 is 1.68 bits per heavy atom. The molecule has 0 aromatic rings. The Kier molecular flexibility index (Phi) is 10.2. The molecule has 0 amide bonds. The fourth-order valence-corrected chi connectivity index (χ4v) is 5.18. The van der Waals surface area contributed by atoms with E-state index in [1.54, 1.807) is 0 Å². The Balaban J connectivity index is 0. The van der Waals surface area contributed by atoms with E-state index in [0.717, 1.165) is 12.8 Å². The Bertz CT molecular complexity index is 351. The van der Waals surface area contributed by atoms with Crippen LogP contribution in [0.4, 0.5) is 0 Å². The van der Waals surface area contributed by atoms with Gasteiger partial charge in [0.2, 0.25) is 0 Å². The molecule has 3 N–H and O–H groups in total. The quantitative estimate of drug-likeness (QED) is 0.343. The zero-order valence-electron chi connectivity index (χ0n) is 11.4. The topological polar surface area (TPSA) is 141 Å². The molecule has 3 atom stereocenters. The molecule has 11 heteroatoms. The minimum absolute atomic E-state index is 0. The fourth-order valence-electron chi connectivity index (χ4n) is 2.45. The third kappa shape index (κ3) is 4.87. The molecular formula is C8H16Na2O7P2. The zero-order chi connectivity index (χ0) is 13.5. The van der Waals surface area contributed by atoms with E-state index in [4.69, 9.17) is 9.79 Å². The molecule has 1 rings (SSSR count). The Morgan fingerprint density at radius 2 is 1.42 bits per heavy atom. The Labute approximate surface area is 156 Å². The van der Waals surface area contributed by atoms with E-state index < -0.39 is 26.2 Å². The molecule has 1 saturated carbocycles. The second kappa shape index (κ2) is 8.21. The molecule has 0 saturated heterocycles. The van der Waals surface area contributed by atoms with Crippen molar-refractivity contribution in [2.24, 2.45) is 11.8 Å². The van der Waals surface area contributed by atoms with E-state index in [-0.39, 0.29) is 65.0 Å². The molecule has 102 valence electrons. The summed E-state index contributed by atoms with van der Waals surface area (Å²) >= 11 is 0. The molecule has 0 heterocycles. The van der Waals surface area contributed by atoms with Crippen LogP contribution < -0.4 is 68.9 Å². The minimum Gasteiger partial charge on any atom is -0.776 e. The summed E-state index contributed by atoms with van der Waals surface area (Å²) in [4.78, 5) is 40.0. The third-order valence-corrected chi connectivity index (χ3v) is 7.54. The van der Waals surface area contributed by atoms with Crippen molar-refractivity contribution in [2.75, 3.05) is 0 Å². The molecule has 0 aromatic heterocycles. The average molecular weight is 332 g/mol. The van der Waals surface area contributed by atoms with Crippen LogP contribution in [-0.4, -0.2) is 20.0 Å². The van der Waals surface area contributed by atoms with Crippen molar-refractivity contribution in [1.82, 2.24) is 0 Å². The smallest absolute Gasteiger partial charge is 0.776 e. The van der Waals surface area contributed by atoms with Crippen LogP contribution in [0.5, 0.6) is 0 Å². The van der Waals surface area contributed by atoms with Gasteiger partial charge in [0.15, 0.2) is 20.3 Å². The summed E-state index contributed by atoms with van der Waals surface area (Å²) in [7, 11) is -11.3. The van der Waals surface area contributed by atoms with E-state index in [0.29, 0.717) is 12.8 Å². The summed E-state index contributed by atoms with van der Waals surface area (Å²) in [5.41, 5.74) is 0. The van der Waals surface area contributed by atoms with Gasteiger partial charge in [-0.25, -0.2) is 0 Å². The summed E-state index contributed by atoms with van der Waals surface area (Å²) in [6, 6.07) is 0. The molecule has 1 aliphatic carbocycles. The second-order valence-corrected chi connectivity index (χ2v) is 8.36. The van der Waals surface area contributed by atoms with Crippen LogP contribution in [0.15, 0.2) is 0 Å². The van der Waals surface area contributed by atoms with Gasteiger partial charge in [0, 0.05) is 5.92 Å². The van der Waals surface area contributed by atoms with E-state index >= 15 is 0 Å². The number of rotatable bonds is 4. The fraction of sp³-hybridized carbons (Fsp3) is 1.00. The normalized spacial score (nSPS) is 27.1. The second-order valence-electron chi connectivity index (χ2n) is 4.56. The number of hydrogen-bond donors (Lipinski definition) is 3. The molecule has 1 aliphatic rings. The van der Waals surface area contributed by atoms with Gasteiger partial charge in [-0.05, 0) is 5.92 Å². The van der Waals surface area contributed by atoms with Crippen molar-refractivity contribution in [3.05, 3.63) is 0 Å². The molecule has 0 spiro atoms. The average Bonchev–Trinajstić information content (AvgIpc) is 2.64. The Hall–Kier alpha value is 2.26. The minimum atomic E-state index is -5.64. The zero-order valence-corrected chi connectivity index (χ0v) is 17.1. The van der Waals surface area contributed by atoms with Crippen molar-refractivity contribution in [3.8, 4) is 0 Å². The largest absolute Gasteiger partial charge is 1.00 e. The van der Waals surface area contributed by atoms with Crippen molar-refractivity contribution < 1.29 is 92.9 Å². The first-order chi connectivity index (χ1) is 7.52. The van der Waals surface area contributed by atoms with E-state index in [1.165, 1.54) is 6.92 Å². The van der Waals surface area contributed by atoms with Crippen molar-refractivity contribution >= 4 is 15.2 Å². The van der Waals surface area contributed by atoms with Crippen LogP contribution in [0, 0.1) is 11.8 Å². The molecule has 1 fully saturated rings. The molecule has 19 heavy (non-hydrogen) atoms. The maximum absolute atomic E-state index is 11.1. The van der Waals surface area contributed by atoms with Gasteiger partial charge < -0.3 is 33.8 Å². The molecule has 0 bridgehead atoms. The summed E-state index contributed by atoms with van der Waals surface area (Å²) in [6.07, 6.45) is 2.72. The first kappa shape index (κ1) is 23.5. The first-order valence-corrected chi connectivity index (χ1v) is 8.47. The van der Waals surface area contributed by atoms with Gasteiger partial charge in [-0.15, -0.1) is 0 Å². The van der Waals surface area contributed by atoms with Crippen LogP contribution >= 0.6 is 15.2 Å². The first-order valence-electron chi connectivity index (χ1n) is 5.32. The van der Waals surface area contributed by atoms with Crippen molar-refractivity contribution in [2.45, 2.75) is 37.7 Å². The molecule has 7 nitrogen and oxygen atoms in total. The number of hydrogen-bond acceptors (Lipinski definition) is 5. The van der Waals surface area contributed by atoms with Crippen molar-refractivity contribution in [1.29, 1.82) is 0 Å².